The largest absolute Gasteiger partial charge is 0.506 e. The van der Waals surface area contributed by atoms with Crippen molar-refractivity contribution in [3.63, 3.8) is 0 Å². The lowest BCUT2D eigenvalue weighted by Gasteiger charge is -2.13. The number of anilines is 2. The molecule has 1 heterocycles. The maximum Gasteiger partial charge on any atom is 0.247 e. The highest BCUT2D eigenvalue weighted by Gasteiger charge is 2.26. The average Bonchev–Trinajstić information content (AvgIpc) is 2.93. The molecule has 5 heteroatoms. The summed E-state index contributed by atoms with van der Waals surface area (Å²) in [4.78, 5) is 12.3. The number of aromatic hydroxyl groups is 1. The van der Waals surface area contributed by atoms with E-state index in [1.807, 2.05) is 24.3 Å². The van der Waals surface area contributed by atoms with Crippen molar-refractivity contribution >= 4 is 17.3 Å². The number of hydrogen-bond acceptors (Lipinski definition) is 4. The van der Waals surface area contributed by atoms with E-state index in [1.54, 1.807) is 12.1 Å². The third-order valence-corrected chi connectivity index (χ3v) is 3.55. The normalized spacial score (nSPS) is 16.0. The molecule has 0 radical (unpaired) electrons. The van der Waals surface area contributed by atoms with E-state index in [2.05, 4.69) is 10.6 Å². The molecule has 21 heavy (non-hydrogen) atoms. The molecular formula is C16H16N2O3. The minimum atomic E-state index is -0.330. The Kier molecular flexibility index (Phi) is 3.39. The Morgan fingerprint density at radius 1 is 1.33 bits per heavy atom. The molecule has 3 N–H and O–H groups in total. The van der Waals surface area contributed by atoms with Crippen LogP contribution < -0.4 is 15.4 Å². The van der Waals surface area contributed by atoms with Crippen LogP contribution in [0, 0.1) is 0 Å². The van der Waals surface area contributed by atoms with Crippen molar-refractivity contribution in [3.05, 3.63) is 48.0 Å². The molecule has 0 spiro atoms. The summed E-state index contributed by atoms with van der Waals surface area (Å²) >= 11 is 0. The highest BCUT2D eigenvalue weighted by molar-refractivity contribution is 5.99. The van der Waals surface area contributed by atoms with Crippen LogP contribution in [0.25, 0.3) is 0 Å². The van der Waals surface area contributed by atoms with Crippen molar-refractivity contribution in [2.24, 2.45) is 0 Å². The second kappa shape index (κ2) is 5.36. The quantitative estimate of drug-likeness (QED) is 0.757. The van der Waals surface area contributed by atoms with Gasteiger partial charge in [-0.25, -0.2) is 0 Å². The number of nitrogens with one attached hydrogen (secondary N) is 2. The van der Waals surface area contributed by atoms with E-state index in [0.29, 0.717) is 17.9 Å². The molecule has 1 amide bonds. The van der Waals surface area contributed by atoms with Gasteiger partial charge in [-0.1, -0.05) is 18.2 Å². The molecule has 2 aromatic carbocycles. The fourth-order valence-electron chi connectivity index (χ4n) is 2.42. The first kappa shape index (κ1) is 13.3. The molecule has 5 nitrogen and oxygen atoms in total. The molecule has 0 fully saturated rings. The van der Waals surface area contributed by atoms with Gasteiger partial charge < -0.3 is 20.5 Å². The van der Waals surface area contributed by atoms with Crippen LogP contribution in [0.3, 0.4) is 0 Å². The molecule has 0 unspecified atom stereocenters. The summed E-state index contributed by atoms with van der Waals surface area (Å²) in [6, 6.07) is 12.3. The Morgan fingerprint density at radius 2 is 2.14 bits per heavy atom. The monoisotopic (exact) mass is 284 g/mol. The molecule has 0 bridgehead atoms. The summed E-state index contributed by atoms with van der Waals surface area (Å²) in [6.45, 7) is 0. The Bertz CT molecular complexity index is 660. The van der Waals surface area contributed by atoms with Gasteiger partial charge >= 0.3 is 0 Å². The average molecular weight is 284 g/mol. The molecule has 1 atom stereocenters. The SMILES string of the molecule is COc1ccc(NC(=O)[C@@H]2Cc3ccccc3N2)c(O)c1. The van der Waals surface area contributed by atoms with Gasteiger partial charge in [0.15, 0.2) is 0 Å². The molecular weight excluding hydrogens is 268 g/mol. The third kappa shape index (κ3) is 2.63. The molecule has 0 saturated heterocycles. The minimum absolute atomic E-state index is 0.0155. The molecule has 1 aliphatic heterocycles. The lowest BCUT2D eigenvalue weighted by Crippen LogP contribution is -2.32. The second-order valence-electron chi connectivity index (χ2n) is 4.93. The number of ether oxygens (including phenoxy) is 1. The smallest absolute Gasteiger partial charge is 0.247 e. The summed E-state index contributed by atoms with van der Waals surface area (Å²) < 4.78 is 5.01. The topological polar surface area (TPSA) is 70.6 Å². The standard InChI is InChI=1S/C16H16N2O3/c1-21-11-6-7-13(15(19)9-11)18-16(20)14-8-10-4-2-3-5-12(10)17-14/h2-7,9,14,17,19H,8H2,1H3,(H,18,20)/t14-/m0/s1. The number of carbonyl (C=O) groups is 1. The number of amides is 1. The van der Waals surface area contributed by atoms with Crippen LogP contribution in [0.2, 0.25) is 0 Å². The number of carbonyl (C=O) groups excluding carboxylic acids is 1. The summed E-state index contributed by atoms with van der Waals surface area (Å²) in [6.07, 6.45) is 0.638. The summed E-state index contributed by atoms with van der Waals surface area (Å²) in [5.41, 5.74) is 2.48. The van der Waals surface area contributed by atoms with E-state index in [1.165, 1.54) is 13.2 Å². The van der Waals surface area contributed by atoms with Gasteiger partial charge in [-0.2, -0.15) is 0 Å². The Balaban J connectivity index is 1.71. The van der Waals surface area contributed by atoms with Crippen molar-refractivity contribution in [1.29, 1.82) is 0 Å². The van der Waals surface area contributed by atoms with Gasteiger partial charge in [-0.15, -0.1) is 0 Å². The van der Waals surface area contributed by atoms with E-state index >= 15 is 0 Å². The lowest BCUT2D eigenvalue weighted by molar-refractivity contribution is -0.116. The number of phenolic OH excluding ortho intramolecular Hbond substituents is 1. The van der Waals surface area contributed by atoms with E-state index in [0.717, 1.165) is 11.3 Å². The summed E-state index contributed by atoms with van der Waals surface area (Å²) in [5, 5.41) is 15.8. The Morgan fingerprint density at radius 3 is 2.86 bits per heavy atom. The number of methoxy groups -OCH3 is 1. The Hall–Kier alpha value is -2.69. The fraction of sp³-hybridized carbons (Fsp3) is 0.188. The van der Waals surface area contributed by atoms with Crippen molar-refractivity contribution < 1.29 is 14.6 Å². The van der Waals surface area contributed by atoms with Crippen molar-refractivity contribution in [3.8, 4) is 11.5 Å². The maximum atomic E-state index is 12.3. The summed E-state index contributed by atoms with van der Waals surface area (Å²) in [5.74, 6) is 0.349. The van der Waals surface area contributed by atoms with Gasteiger partial charge in [0.05, 0.1) is 12.8 Å². The third-order valence-electron chi connectivity index (χ3n) is 3.55. The predicted molar refractivity (Wildman–Crippen MR) is 80.8 cm³/mol. The zero-order valence-electron chi connectivity index (χ0n) is 11.6. The van der Waals surface area contributed by atoms with Gasteiger partial charge in [-0.3, -0.25) is 4.79 Å². The molecule has 0 aliphatic carbocycles. The zero-order chi connectivity index (χ0) is 14.8. The highest BCUT2D eigenvalue weighted by Crippen LogP contribution is 2.29. The molecule has 0 saturated carbocycles. The first-order valence-electron chi connectivity index (χ1n) is 6.69. The van der Waals surface area contributed by atoms with Crippen LogP contribution in [0.4, 0.5) is 11.4 Å². The number of phenols is 1. The van der Waals surface area contributed by atoms with Crippen LogP contribution in [0.1, 0.15) is 5.56 Å². The van der Waals surface area contributed by atoms with Crippen molar-refractivity contribution in [2.75, 3.05) is 17.7 Å². The number of para-hydroxylation sites is 1. The van der Waals surface area contributed by atoms with Crippen LogP contribution in [-0.2, 0) is 11.2 Å². The van der Waals surface area contributed by atoms with E-state index in [-0.39, 0.29) is 17.7 Å². The van der Waals surface area contributed by atoms with E-state index in [9.17, 15) is 9.90 Å². The van der Waals surface area contributed by atoms with E-state index in [4.69, 9.17) is 4.74 Å². The molecule has 108 valence electrons. The van der Waals surface area contributed by atoms with Crippen LogP contribution in [0.15, 0.2) is 42.5 Å². The molecule has 3 rings (SSSR count). The van der Waals surface area contributed by atoms with Gasteiger partial charge in [-0.05, 0) is 23.8 Å². The zero-order valence-corrected chi connectivity index (χ0v) is 11.6. The summed E-state index contributed by atoms with van der Waals surface area (Å²) in [7, 11) is 1.52. The van der Waals surface area contributed by atoms with E-state index < -0.39 is 0 Å². The number of rotatable bonds is 3. The highest BCUT2D eigenvalue weighted by atomic mass is 16.5. The second-order valence-corrected chi connectivity index (χ2v) is 4.93. The van der Waals surface area contributed by atoms with Gasteiger partial charge in [0.25, 0.3) is 0 Å². The predicted octanol–water partition coefficient (Wildman–Crippen LogP) is 2.38. The van der Waals surface area contributed by atoms with Crippen molar-refractivity contribution in [1.82, 2.24) is 0 Å². The van der Waals surface area contributed by atoms with Crippen LogP contribution in [-0.4, -0.2) is 24.2 Å². The first-order valence-corrected chi connectivity index (χ1v) is 6.69. The van der Waals surface area contributed by atoms with Crippen LogP contribution >= 0.6 is 0 Å². The van der Waals surface area contributed by atoms with Gasteiger partial charge in [0.1, 0.15) is 17.5 Å². The Labute approximate surface area is 122 Å². The number of benzene rings is 2. The van der Waals surface area contributed by atoms with Gasteiger partial charge in [0.2, 0.25) is 5.91 Å². The first-order chi connectivity index (χ1) is 10.2. The molecule has 0 aromatic heterocycles. The number of fused-ring (bicyclic) bond motifs is 1. The minimum Gasteiger partial charge on any atom is -0.506 e. The fourth-order valence-corrected chi connectivity index (χ4v) is 2.42. The number of hydrogen-bond donors (Lipinski definition) is 3. The lowest BCUT2D eigenvalue weighted by atomic mass is 10.1. The molecule has 2 aromatic rings. The molecule has 1 aliphatic rings. The van der Waals surface area contributed by atoms with Crippen LogP contribution in [0.5, 0.6) is 11.5 Å². The van der Waals surface area contributed by atoms with Crippen molar-refractivity contribution in [2.45, 2.75) is 12.5 Å². The maximum absolute atomic E-state index is 12.3. The van der Waals surface area contributed by atoms with Gasteiger partial charge in [0, 0.05) is 18.2 Å².